The number of carbonyl (C=O) groups excluding carboxylic acids is 1. The van der Waals surface area contributed by atoms with E-state index >= 15 is 0 Å². The minimum absolute atomic E-state index is 0.0418. The van der Waals surface area contributed by atoms with Crippen molar-refractivity contribution in [2.45, 2.75) is 180 Å². The molecular weight excluding hydrogens is 655 g/mol. The van der Waals surface area contributed by atoms with Gasteiger partial charge in [0.15, 0.2) is 0 Å². The van der Waals surface area contributed by atoms with Gasteiger partial charge in [0.2, 0.25) is 0 Å². The molecule has 0 saturated carbocycles. The number of hydrogen-bond donors (Lipinski definition) is 3. The van der Waals surface area contributed by atoms with Crippen LogP contribution in [0.15, 0.2) is 36.5 Å². The van der Waals surface area contributed by atoms with Gasteiger partial charge in [-0.3, -0.25) is 13.8 Å². The highest BCUT2D eigenvalue weighted by molar-refractivity contribution is 7.47. The summed E-state index contributed by atoms with van der Waals surface area (Å²) in [6.07, 6.45) is 38.1. The summed E-state index contributed by atoms with van der Waals surface area (Å²) >= 11 is 0. The van der Waals surface area contributed by atoms with Crippen molar-refractivity contribution in [2.75, 3.05) is 33.0 Å². The highest BCUT2D eigenvalue weighted by Gasteiger charge is 2.26. The quantitative estimate of drug-likeness (QED) is 0.0246. The smallest absolute Gasteiger partial charge is 0.457 e. The van der Waals surface area contributed by atoms with Crippen LogP contribution in [0, 0.1) is 0 Å². The third-order valence-corrected chi connectivity index (χ3v) is 9.23. The molecule has 294 valence electrons. The van der Waals surface area contributed by atoms with Crippen LogP contribution in [0.25, 0.3) is 0 Å². The molecule has 0 fully saturated rings. The Morgan fingerprint density at radius 3 is 1.70 bits per heavy atom. The molecule has 50 heavy (non-hydrogen) atoms. The Hall–Kier alpha value is -1.32. The fourth-order valence-electron chi connectivity index (χ4n) is 5.21. The van der Waals surface area contributed by atoms with E-state index < -0.39 is 39.2 Å². The lowest BCUT2D eigenvalue weighted by atomic mass is 10.1. The maximum Gasteiger partial charge on any atom is 0.472 e. The van der Waals surface area contributed by atoms with Crippen molar-refractivity contribution in [1.29, 1.82) is 0 Å². The predicted molar refractivity (Wildman–Crippen MR) is 205 cm³/mol. The summed E-state index contributed by atoms with van der Waals surface area (Å²) in [6, 6.07) is 0. The summed E-state index contributed by atoms with van der Waals surface area (Å²) in [4.78, 5) is 22.5. The fourth-order valence-corrected chi connectivity index (χ4v) is 6.00. The Morgan fingerprint density at radius 2 is 1.12 bits per heavy atom. The fraction of sp³-hybridized carbons (Fsp3) is 0.825. The van der Waals surface area contributed by atoms with E-state index in [4.69, 9.17) is 23.6 Å². The highest BCUT2D eigenvalue weighted by Crippen LogP contribution is 2.43. The van der Waals surface area contributed by atoms with Crippen molar-refractivity contribution < 1.29 is 43.0 Å². The zero-order valence-electron chi connectivity index (χ0n) is 31.9. The molecule has 3 atom stereocenters. The lowest BCUT2D eigenvalue weighted by molar-refractivity contribution is -0.154. The van der Waals surface area contributed by atoms with Crippen molar-refractivity contribution >= 4 is 13.8 Å². The molecule has 0 aromatic rings. The zero-order chi connectivity index (χ0) is 36.8. The zero-order valence-corrected chi connectivity index (χ0v) is 32.8. The van der Waals surface area contributed by atoms with Gasteiger partial charge in [-0.25, -0.2) is 4.57 Å². The molecule has 10 heteroatoms. The second-order valence-electron chi connectivity index (χ2n) is 13.3. The van der Waals surface area contributed by atoms with Gasteiger partial charge >= 0.3 is 13.8 Å². The number of aliphatic hydroxyl groups is 2. The van der Waals surface area contributed by atoms with Gasteiger partial charge in [0, 0.05) is 13.0 Å². The van der Waals surface area contributed by atoms with Crippen molar-refractivity contribution in [3.63, 3.8) is 0 Å². The maximum absolute atomic E-state index is 12.6. The SMILES string of the molecule is CCC/C=C\CCCCCCCCOCC(COP(=O)(O)OCC(O)CO)OC(=O)CCCCCCCCC/C=C\C/C=C\CCCCCC. The molecule has 0 aliphatic heterocycles. The molecule has 3 N–H and O–H groups in total. The summed E-state index contributed by atoms with van der Waals surface area (Å²) in [7, 11) is -4.51. The van der Waals surface area contributed by atoms with E-state index in [0.717, 1.165) is 70.6 Å². The Labute approximate surface area is 305 Å². The molecule has 0 aliphatic rings. The number of esters is 1. The topological polar surface area (TPSA) is 132 Å². The van der Waals surface area contributed by atoms with E-state index in [1.54, 1.807) is 0 Å². The van der Waals surface area contributed by atoms with Crippen LogP contribution in [-0.2, 0) is 27.9 Å². The molecule has 0 aromatic heterocycles. The van der Waals surface area contributed by atoms with Crippen LogP contribution < -0.4 is 0 Å². The molecule has 0 rings (SSSR count). The van der Waals surface area contributed by atoms with E-state index in [2.05, 4.69) is 50.3 Å². The molecule has 0 radical (unpaired) electrons. The summed E-state index contributed by atoms with van der Waals surface area (Å²) in [5, 5.41) is 18.3. The van der Waals surface area contributed by atoms with Gasteiger partial charge < -0.3 is 24.6 Å². The van der Waals surface area contributed by atoms with Crippen LogP contribution in [0.5, 0.6) is 0 Å². The Balaban J connectivity index is 4.20. The standard InChI is InChI=1S/C40H75O9P/c1-3-5-7-9-11-13-15-16-17-18-19-20-21-22-24-26-28-30-32-40(43)49-39(37-48-50(44,45)47-35-38(42)34-41)36-46-33-31-29-27-25-23-14-12-10-8-6-4-2/h8,10,13,15,17-18,38-39,41-42H,3-7,9,11-12,14,16,19-37H2,1-2H3,(H,44,45)/b10-8-,15-13-,18-17-. The lowest BCUT2D eigenvalue weighted by Gasteiger charge is -2.20. The third-order valence-electron chi connectivity index (χ3n) is 8.28. The van der Waals surface area contributed by atoms with Crippen LogP contribution in [0.2, 0.25) is 0 Å². The number of hydrogen-bond acceptors (Lipinski definition) is 8. The molecule has 0 aliphatic carbocycles. The molecule has 0 bridgehead atoms. The Bertz CT molecular complexity index is 877. The van der Waals surface area contributed by atoms with E-state index in [0.29, 0.717) is 6.61 Å². The predicted octanol–water partition coefficient (Wildman–Crippen LogP) is 10.5. The van der Waals surface area contributed by atoms with Crippen molar-refractivity contribution in [3.05, 3.63) is 36.5 Å². The Kier molecular flexibility index (Phi) is 36.4. The molecule has 0 amide bonds. The first-order valence-electron chi connectivity index (χ1n) is 20.0. The monoisotopic (exact) mass is 731 g/mol. The first-order chi connectivity index (χ1) is 24.3. The van der Waals surface area contributed by atoms with Gasteiger partial charge in [-0.2, -0.15) is 0 Å². The number of ether oxygens (including phenoxy) is 2. The molecule has 0 spiro atoms. The van der Waals surface area contributed by atoms with Gasteiger partial charge in [-0.1, -0.05) is 134 Å². The molecule has 0 aromatic carbocycles. The van der Waals surface area contributed by atoms with Gasteiger partial charge in [-0.05, 0) is 64.2 Å². The van der Waals surface area contributed by atoms with Gasteiger partial charge in [0.05, 0.1) is 26.4 Å². The normalized spacial score (nSPS) is 14.6. The number of carbonyl (C=O) groups is 1. The van der Waals surface area contributed by atoms with Crippen LogP contribution in [-0.4, -0.2) is 66.3 Å². The van der Waals surface area contributed by atoms with E-state index in [1.165, 1.54) is 77.0 Å². The van der Waals surface area contributed by atoms with Crippen LogP contribution in [0.4, 0.5) is 0 Å². The summed E-state index contributed by atoms with van der Waals surface area (Å²) < 4.78 is 33.2. The van der Waals surface area contributed by atoms with Crippen LogP contribution in [0.1, 0.15) is 168 Å². The average Bonchev–Trinajstić information content (AvgIpc) is 3.10. The van der Waals surface area contributed by atoms with E-state index in [-0.39, 0.29) is 19.6 Å². The van der Waals surface area contributed by atoms with Gasteiger partial charge in [0.25, 0.3) is 0 Å². The van der Waals surface area contributed by atoms with Gasteiger partial charge in [0.1, 0.15) is 12.2 Å². The molecular formula is C40H75O9P. The third kappa shape index (κ3) is 36.5. The van der Waals surface area contributed by atoms with E-state index in [1.807, 2.05) is 0 Å². The maximum atomic E-state index is 12.6. The number of aliphatic hydroxyl groups excluding tert-OH is 2. The number of phosphoric ester groups is 1. The van der Waals surface area contributed by atoms with Crippen LogP contribution >= 0.6 is 7.82 Å². The largest absolute Gasteiger partial charge is 0.472 e. The average molecular weight is 731 g/mol. The lowest BCUT2D eigenvalue weighted by Crippen LogP contribution is -2.29. The molecule has 0 saturated heterocycles. The summed E-state index contributed by atoms with van der Waals surface area (Å²) in [5.41, 5.74) is 0. The summed E-state index contributed by atoms with van der Waals surface area (Å²) in [5.74, 6) is -0.394. The molecule has 3 unspecified atom stereocenters. The number of unbranched alkanes of at least 4 members (excludes halogenated alkanes) is 18. The second kappa shape index (κ2) is 37.4. The van der Waals surface area contributed by atoms with Crippen molar-refractivity contribution in [2.24, 2.45) is 0 Å². The van der Waals surface area contributed by atoms with Crippen LogP contribution in [0.3, 0.4) is 0 Å². The summed E-state index contributed by atoms with van der Waals surface area (Å²) in [6.45, 7) is 3.41. The minimum atomic E-state index is -4.51. The van der Waals surface area contributed by atoms with Crippen molar-refractivity contribution in [3.8, 4) is 0 Å². The number of allylic oxidation sites excluding steroid dienone is 6. The van der Waals surface area contributed by atoms with E-state index in [9.17, 15) is 19.4 Å². The van der Waals surface area contributed by atoms with Crippen molar-refractivity contribution in [1.82, 2.24) is 0 Å². The first kappa shape index (κ1) is 48.7. The Morgan fingerprint density at radius 1 is 0.620 bits per heavy atom. The highest BCUT2D eigenvalue weighted by atomic mass is 31.2. The second-order valence-corrected chi connectivity index (χ2v) is 14.7. The first-order valence-corrected chi connectivity index (χ1v) is 21.5. The minimum Gasteiger partial charge on any atom is -0.457 e. The molecule has 9 nitrogen and oxygen atoms in total. The van der Waals surface area contributed by atoms with Gasteiger partial charge in [-0.15, -0.1) is 0 Å². The number of phosphoric acid groups is 1. The number of rotatable bonds is 38. The molecule has 0 heterocycles.